The van der Waals surface area contributed by atoms with Crippen LogP contribution in [0, 0.1) is 0 Å². The molecule has 1 atom stereocenters. The number of sulfonamides is 1. The number of aromatic nitrogens is 1. The second kappa shape index (κ2) is 4.77. The van der Waals surface area contributed by atoms with Crippen molar-refractivity contribution in [3.8, 4) is 0 Å². The molecule has 4 N–H and O–H groups in total. The lowest BCUT2D eigenvalue weighted by Gasteiger charge is -2.13. The highest BCUT2D eigenvalue weighted by atomic mass is 35.5. The van der Waals surface area contributed by atoms with E-state index in [0.717, 1.165) is 13.0 Å². The second-order valence-corrected chi connectivity index (χ2v) is 5.97. The molecule has 1 fully saturated rings. The lowest BCUT2D eigenvalue weighted by molar-refractivity contribution is 0.560. The predicted octanol–water partition coefficient (Wildman–Crippen LogP) is -0.0426. The first-order valence-corrected chi connectivity index (χ1v) is 6.99. The van der Waals surface area contributed by atoms with Crippen LogP contribution in [0.5, 0.6) is 0 Å². The van der Waals surface area contributed by atoms with Crippen LogP contribution in [-0.4, -0.2) is 32.5 Å². The first kappa shape index (κ1) is 12.6. The van der Waals surface area contributed by atoms with Crippen molar-refractivity contribution in [2.45, 2.75) is 17.4 Å². The van der Waals surface area contributed by atoms with Gasteiger partial charge in [-0.3, -0.25) is 0 Å². The van der Waals surface area contributed by atoms with Crippen LogP contribution >= 0.6 is 11.6 Å². The Morgan fingerprint density at radius 3 is 3.00 bits per heavy atom. The van der Waals surface area contributed by atoms with Crippen molar-refractivity contribution in [3.05, 3.63) is 17.3 Å². The number of pyridine rings is 1. The van der Waals surface area contributed by atoms with Gasteiger partial charge in [0.15, 0.2) is 0 Å². The van der Waals surface area contributed by atoms with Crippen LogP contribution in [0.1, 0.15) is 6.42 Å². The van der Waals surface area contributed by atoms with Gasteiger partial charge in [-0.15, -0.1) is 0 Å². The number of nitrogens with two attached hydrogens (primary N) is 1. The van der Waals surface area contributed by atoms with Gasteiger partial charge < -0.3 is 11.1 Å². The second-order valence-electron chi connectivity index (χ2n) is 3.85. The Hall–Kier alpha value is -0.890. The molecule has 8 heteroatoms. The Morgan fingerprint density at radius 1 is 1.59 bits per heavy atom. The highest BCUT2D eigenvalue weighted by Crippen LogP contribution is 2.20. The smallest absolute Gasteiger partial charge is 0.244 e. The molecule has 1 aliphatic rings. The van der Waals surface area contributed by atoms with Crippen LogP contribution in [0.2, 0.25) is 5.02 Å². The van der Waals surface area contributed by atoms with Crippen LogP contribution < -0.4 is 15.8 Å². The number of nitrogens with zero attached hydrogens (tertiary/aromatic N) is 1. The molecule has 2 heterocycles. The van der Waals surface area contributed by atoms with Gasteiger partial charge in [0.1, 0.15) is 10.7 Å². The largest absolute Gasteiger partial charge is 0.383 e. The lowest BCUT2D eigenvalue weighted by atomic mass is 10.3. The van der Waals surface area contributed by atoms with Gasteiger partial charge in [-0.05, 0) is 19.0 Å². The Balaban J connectivity index is 2.27. The van der Waals surface area contributed by atoms with Crippen molar-refractivity contribution >= 4 is 27.4 Å². The zero-order valence-electron chi connectivity index (χ0n) is 8.98. The highest BCUT2D eigenvalue weighted by Gasteiger charge is 2.25. The van der Waals surface area contributed by atoms with Gasteiger partial charge in [0.25, 0.3) is 0 Å². The Bertz CT molecular complexity index is 514. The first-order valence-electron chi connectivity index (χ1n) is 5.13. The van der Waals surface area contributed by atoms with E-state index in [0.29, 0.717) is 6.54 Å². The predicted molar refractivity (Wildman–Crippen MR) is 65.3 cm³/mol. The molecule has 94 valence electrons. The normalized spacial score (nSPS) is 20.6. The third-order valence-electron chi connectivity index (χ3n) is 2.52. The fraction of sp³-hybridized carbons (Fsp3) is 0.444. The van der Waals surface area contributed by atoms with Crippen molar-refractivity contribution in [1.29, 1.82) is 0 Å². The molecule has 2 rings (SSSR count). The van der Waals surface area contributed by atoms with Crippen molar-refractivity contribution < 1.29 is 8.42 Å². The van der Waals surface area contributed by atoms with Gasteiger partial charge in [-0.25, -0.2) is 18.1 Å². The number of halogens is 1. The number of rotatable bonds is 3. The number of nitrogens with one attached hydrogen (secondary N) is 2. The molecule has 0 bridgehead atoms. The minimum absolute atomic E-state index is 0.0483. The molecule has 1 aliphatic heterocycles. The number of hydrogen-bond donors (Lipinski definition) is 3. The van der Waals surface area contributed by atoms with Gasteiger partial charge in [-0.2, -0.15) is 0 Å². The summed E-state index contributed by atoms with van der Waals surface area (Å²) in [5.41, 5.74) is 5.55. The molecule has 17 heavy (non-hydrogen) atoms. The summed E-state index contributed by atoms with van der Waals surface area (Å²) < 4.78 is 26.7. The maximum atomic E-state index is 12.0. The molecule has 1 unspecified atom stereocenters. The zero-order valence-corrected chi connectivity index (χ0v) is 10.6. The average molecular weight is 277 g/mol. The summed E-state index contributed by atoms with van der Waals surface area (Å²) in [6, 6.07) is 1.19. The van der Waals surface area contributed by atoms with Crippen molar-refractivity contribution in [2.24, 2.45) is 0 Å². The van der Waals surface area contributed by atoms with Gasteiger partial charge >= 0.3 is 0 Å². The molecule has 1 aromatic heterocycles. The van der Waals surface area contributed by atoms with Crippen molar-refractivity contribution in [2.75, 3.05) is 18.8 Å². The monoisotopic (exact) mass is 276 g/mol. The van der Waals surface area contributed by atoms with E-state index >= 15 is 0 Å². The standard InChI is InChI=1S/C9H13ClN4O2S/c10-6-3-8(9(11)13-4-6)17(15,16)14-7-1-2-12-5-7/h3-4,7,12,14H,1-2,5H2,(H2,11,13). The molecule has 0 radical (unpaired) electrons. The lowest BCUT2D eigenvalue weighted by Crippen LogP contribution is -2.36. The van der Waals surface area contributed by atoms with Crippen LogP contribution in [0.15, 0.2) is 17.2 Å². The molecule has 1 saturated heterocycles. The van der Waals surface area contributed by atoms with E-state index in [1.54, 1.807) is 0 Å². The highest BCUT2D eigenvalue weighted by molar-refractivity contribution is 7.89. The minimum Gasteiger partial charge on any atom is -0.383 e. The van der Waals surface area contributed by atoms with Crippen LogP contribution in [0.3, 0.4) is 0 Å². The van der Waals surface area contributed by atoms with E-state index in [2.05, 4.69) is 15.0 Å². The summed E-state index contributed by atoms with van der Waals surface area (Å²) in [4.78, 5) is 3.66. The van der Waals surface area contributed by atoms with Crippen LogP contribution in [0.4, 0.5) is 5.82 Å². The quantitative estimate of drug-likeness (QED) is 0.720. The Kier molecular flexibility index (Phi) is 3.53. The molecule has 0 aliphatic carbocycles. The summed E-state index contributed by atoms with van der Waals surface area (Å²) in [6.45, 7) is 1.42. The van der Waals surface area contributed by atoms with E-state index in [1.165, 1.54) is 12.3 Å². The van der Waals surface area contributed by atoms with Gasteiger partial charge in [0, 0.05) is 18.8 Å². The zero-order chi connectivity index (χ0) is 12.5. The summed E-state index contributed by atoms with van der Waals surface area (Å²) in [7, 11) is -3.66. The van der Waals surface area contributed by atoms with E-state index in [-0.39, 0.29) is 21.8 Å². The van der Waals surface area contributed by atoms with Gasteiger partial charge in [-0.1, -0.05) is 11.6 Å². The molecular formula is C9H13ClN4O2S. The molecule has 0 amide bonds. The van der Waals surface area contributed by atoms with Crippen molar-refractivity contribution in [1.82, 2.24) is 15.0 Å². The molecule has 0 aromatic carbocycles. The molecule has 1 aromatic rings. The fourth-order valence-corrected chi connectivity index (χ4v) is 3.28. The third-order valence-corrected chi connectivity index (χ3v) is 4.28. The molecular weight excluding hydrogens is 264 g/mol. The fourth-order valence-electron chi connectivity index (χ4n) is 1.68. The average Bonchev–Trinajstić information content (AvgIpc) is 2.73. The molecule has 6 nitrogen and oxygen atoms in total. The number of nitrogen functional groups attached to an aromatic ring is 1. The number of hydrogen-bond acceptors (Lipinski definition) is 5. The van der Waals surface area contributed by atoms with Gasteiger partial charge in [0.2, 0.25) is 10.0 Å². The summed E-state index contributed by atoms with van der Waals surface area (Å²) in [6.07, 6.45) is 2.07. The van der Waals surface area contributed by atoms with E-state index in [1.807, 2.05) is 0 Å². The topological polar surface area (TPSA) is 97.1 Å². The Labute approximate surface area is 105 Å². The third kappa shape index (κ3) is 2.86. The maximum Gasteiger partial charge on any atom is 0.244 e. The number of anilines is 1. The van der Waals surface area contributed by atoms with Crippen LogP contribution in [-0.2, 0) is 10.0 Å². The first-order chi connectivity index (χ1) is 7.99. The van der Waals surface area contributed by atoms with E-state index in [4.69, 9.17) is 17.3 Å². The molecule has 0 spiro atoms. The van der Waals surface area contributed by atoms with Gasteiger partial charge in [0.05, 0.1) is 5.02 Å². The van der Waals surface area contributed by atoms with E-state index < -0.39 is 10.0 Å². The minimum atomic E-state index is -3.66. The summed E-state index contributed by atoms with van der Waals surface area (Å²) in [5, 5.41) is 3.31. The molecule has 0 saturated carbocycles. The summed E-state index contributed by atoms with van der Waals surface area (Å²) in [5.74, 6) is -0.0483. The SMILES string of the molecule is Nc1ncc(Cl)cc1S(=O)(=O)NC1CCNC1. The van der Waals surface area contributed by atoms with E-state index in [9.17, 15) is 8.42 Å². The van der Waals surface area contributed by atoms with Crippen LogP contribution in [0.25, 0.3) is 0 Å². The van der Waals surface area contributed by atoms with Crippen molar-refractivity contribution in [3.63, 3.8) is 0 Å². The maximum absolute atomic E-state index is 12.0. The summed E-state index contributed by atoms with van der Waals surface area (Å²) >= 11 is 5.72. The Morgan fingerprint density at radius 2 is 2.35 bits per heavy atom.